The Labute approximate surface area is 126 Å². The first-order chi connectivity index (χ1) is 10.1. The van der Waals surface area contributed by atoms with Crippen LogP contribution >= 0.6 is 0 Å². The van der Waals surface area contributed by atoms with E-state index in [0.29, 0.717) is 6.04 Å². The van der Waals surface area contributed by atoms with E-state index in [1.165, 1.54) is 18.4 Å². The van der Waals surface area contributed by atoms with Crippen molar-refractivity contribution in [3.05, 3.63) is 58.9 Å². The first kappa shape index (κ1) is 14.1. The van der Waals surface area contributed by atoms with Gasteiger partial charge in [0.1, 0.15) is 0 Å². The highest BCUT2D eigenvalue weighted by Gasteiger charge is 2.29. The predicted molar refractivity (Wildman–Crippen MR) is 86.8 cm³/mol. The number of hydrogen-bond donors (Lipinski definition) is 1. The number of aryl methyl sites for hydroxylation is 1. The van der Waals surface area contributed by atoms with Gasteiger partial charge in [0.15, 0.2) is 0 Å². The van der Waals surface area contributed by atoms with Gasteiger partial charge in [0.05, 0.1) is 5.69 Å². The highest BCUT2D eigenvalue weighted by atomic mass is 15.2. The maximum atomic E-state index is 6.14. The third-order valence-corrected chi connectivity index (χ3v) is 4.32. The fourth-order valence-corrected chi connectivity index (χ4v) is 2.72. The molecular formula is C18H23N3. The van der Waals surface area contributed by atoms with Crippen molar-refractivity contribution in [3.63, 3.8) is 0 Å². The zero-order valence-electron chi connectivity index (χ0n) is 12.8. The molecule has 0 saturated heterocycles. The summed E-state index contributed by atoms with van der Waals surface area (Å²) in [6, 6.07) is 11.4. The number of nitrogens with zero attached hydrogens (tertiary/aromatic N) is 2. The third kappa shape index (κ3) is 3.24. The number of anilines is 1. The van der Waals surface area contributed by atoms with E-state index in [4.69, 9.17) is 5.73 Å². The molecule has 1 aromatic carbocycles. The monoisotopic (exact) mass is 281 g/mol. The van der Waals surface area contributed by atoms with Crippen molar-refractivity contribution in [1.29, 1.82) is 0 Å². The minimum Gasteiger partial charge on any atom is -0.398 e. The summed E-state index contributed by atoms with van der Waals surface area (Å²) in [5, 5.41) is 0. The molecule has 3 rings (SSSR count). The van der Waals surface area contributed by atoms with Gasteiger partial charge in [-0.3, -0.25) is 9.88 Å². The molecule has 2 N–H and O–H groups in total. The van der Waals surface area contributed by atoms with E-state index in [9.17, 15) is 0 Å². The van der Waals surface area contributed by atoms with Gasteiger partial charge in [-0.2, -0.15) is 0 Å². The molecular weight excluding hydrogens is 258 g/mol. The zero-order chi connectivity index (χ0) is 14.8. The molecule has 21 heavy (non-hydrogen) atoms. The topological polar surface area (TPSA) is 42.2 Å². The average Bonchev–Trinajstić information content (AvgIpc) is 3.33. The summed E-state index contributed by atoms with van der Waals surface area (Å²) < 4.78 is 0. The Morgan fingerprint density at radius 3 is 2.52 bits per heavy atom. The largest absolute Gasteiger partial charge is 0.398 e. The molecule has 1 aromatic heterocycles. The van der Waals surface area contributed by atoms with Crippen molar-refractivity contribution in [3.8, 4) is 0 Å². The van der Waals surface area contributed by atoms with E-state index >= 15 is 0 Å². The zero-order valence-corrected chi connectivity index (χ0v) is 12.8. The van der Waals surface area contributed by atoms with E-state index < -0.39 is 0 Å². The van der Waals surface area contributed by atoms with Crippen molar-refractivity contribution in [1.82, 2.24) is 9.88 Å². The summed E-state index contributed by atoms with van der Waals surface area (Å²) in [4.78, 5) is 7.14. The van der Waals surface area contributed by atoms with Gasteiger partial charge in [-0.15, -0.1) is 0 Å². The third-order valence-electron chi connectivity index (χ3n) is 4.32. The normalized spacial score (nSPS) is 14.6. The minimum atomic E-state index is 0.703. The second-order valence-electron chi connectivity index (χ2n) is 6.05. The molecule has 0 bridgehead atoms. The molecule has 0 amide bonds. The molecule has 2 aromatic rings. The smallest absolute Gasteiger partial charge is 0.0593 e. The van der Waals surface area contributed by atoms with Crippen LogP contribution in [0.25, 0.3) is 0 Å². The van der Waals surface area contributed by atoms with Crippen LogP contribution in [0.15, 0.2) is 36.5 Å². The molecule has 3 nitrogen and oxygen atoms in total. The average molecular weight is 281 g/mol. The lowest BCUT2D eigenvalue weighted by molar-refractivity contribution is 0.242. The fourth-order valence-electron chi connectivity index (χ4n) is 2.72. The van der Waals surface area contributed by atoms with Crippen LogP contribution in [0.3, 0.4) is 0 Å². The standard InChI is InChI=1S/C18H23N3/c1-13-10-20-17(14(2)18(13)19)12-21(16-8-9-16)11-15-6-4-3-5-7-15/h3-7,10,16H,8-9,11-12H2,1-2H3,(H2,19,20). The predicted octanol–water partition coefficient (Wildman–Crippen LogP) is 3.45. The second kappa shape index (κ2) is 5.86. The van der Waals surface area contributed by atoms with Gasteiger partial charge >= 0.3 is 0 Å². The molecule has 0 spiro atoms. The van der Waals surface area contributed by atoms with E-state index in [-0.39, 0.29) is 0 Å². The Morgan fingerprint density at radius 2 is 1.86 bits per heavy atom. The summed E-state index contributed by atoms with van der Waals surface area (Å²) in [6.07, 6.45) is 4.49. The highest BCUT2D eigenvalue weighted by molar-refractivity contribution is 5.53. The number of benzene rings is 1. The Morgan fingerprint density at radius 1 is 1.14 bits per heavy atom. The molecule has 1 heterocycles. The van der Waals surface area contributed by atoms with Crippen LogP contribution in [0.2, 0.25) is 0 Å². The SMILES string of the molecule is Cc1cnc(CN(Cc2ccccc2)C2CC2)c(C)c1N. The number of hydrogen-bond acceptors (Lipinski definition) is 3. The molecule has 3 heteroatoms. The Kier molecular flexibility index (Phi) is 3.93. The maximum absolute atomic E-state index is 6.14. The molecule has 1 saturated carbocycles. The number of pyridine rings is 1. The number of rotatable bonds is 5. The van der Waals surface area contributed by atoms with Gasteiger partial charge in [0, 0.05) is 31.0 Å². The van der Waals surface area contributed by atoms with Crippen LogP contribution in [0.4, 0.5) is 5.69 Å². The maximum Gasteiger partial charge on any atom is 0.0593 e. The summed E-state index contributed by atoms with van der Waals surface area (Å²) in [5.74, 6) is 0. The molecule has 0 radical (unpaired) electrons. The van der Waals surface area contributed by atoms with E-state index in [1.807, 2.05) is 13.1 Å². The molecule has 1 fully saturated rings. The van der Waals surface area contributed by atoms with Crippen molar-refractivity contribution >= 4 is 5.69 Å². The van der Waals surface area contributed by atoms with Crippen molar-refractivity contribution in [2.24, 2.45) is 0 Å². The van der Waals surface area contributed by atoms with E-state index in [2.05, 4.69) is 47.1 Å². The van der Waals surface area contributed by atoms with Crippen LogP contribution in [-0.2, 0) is 13.1 Å². The summed E-state index contributed by atoms with van der Waals surface area (Å²) in [6.45, 7) is 5.97. The Balaban J connectivity index is 1.78. The lowest BCUT2D eigenvalue weighted by Crippen LogP contribution is -2.26. The van der Waals surface area contributed by atoms with Gasteiger partial charge in [0.2, 0.25) is 0 Å². The second-order valence-corrected chi connectivity index (χ2v) is 6.05. The van der Waals surface area contributed by atoms with Crippen LogP contribution in [-0.4, -0.2) is 15.9 Å². The Hall–Kier alpha value is -1.87. The molecule has 0 unspecified atom stereocenters. The summed E-state index contributed by atoms with van der Waals surface area (Å²) >= 11 is 0. The lowest BCUT2D eigenvalue weighted by Gasteiger charge is -2.23. The number of nitrogen functional groups attached to an aromatic ring is 1. The fraction of sp³-hybridized carbons (Fsp3) is 0.389. The van der Waals surface area contributed by atoms with Crippen LogP contribution < -0.4 is 5.73 Å². The van der Waals surface area contributed by atoms with Crippen LogP contribution in [0, 0.1) is 13.8 Å². The summed E-state index contributed by atoms with van der Waals surface area (Å²) in [5.41, 5.74) is 11.7. The van der Waals surface area contributed by atoms with E-state index in [1.54, 1.807) is 0 Å². The van der Waals surface area contributed by atoms with Gasteiger partial charge in [0.25, 0.3) is 0 Å². The minimum absolute atomic E-state index is 0.703. The Bertz CT molecular complexity index is 618. The van der Waals surface area contributed by atoms with Gasteiger partial charge in [-0.1, -0.05) is 30.3 Å². The van der Waals surface area contributed by atoms with Gasteiger partial charge in [-0.25, -0.2) is 0 Å². The molecule has 0 atom stereocenters. The quantitative estimate of drug-likeness (QED) is 0.912. The van der Waals surface area contributed by atoms with Crippen LogP contribution in [0.5, 0.6) is 0 Å². The first-order valence-electron chi connectivity index (χ1n) is 7.63. The van der Waals surface area contributed by atoms with Gasteiger partial charge in [-0.05, 0) is 43.4 Å². The van der Waals surface area contributed by atoms with Crippen molar-refractivity contribution < 1.29 is 0 Å². The summed E-state index contributed by atoms with van der Waals surface area (Å²) in [7, 11) is 0. The van der Waals surface area contributed by atoms with Crippen molar-refractivity contribution in [2.75, 3.05) is 5.73 Å². The molecule has 1 aliphatic rings. The van der Waals surface area contributed by atoms with Crippen molar-refractivity contribution in [2.45, 2.75) is 45.8 Å². The lowest BCUT2D eigenvalue weighted by atomic mass is 10.1. The first-order valence-corrected chi connectivity index (χ1v) is 7.63. The number of nitrogens with two attached hydrogens (primary N) is 1. The number of aromatic nitrogens is 1. The van der Waals surface area contributed by atoms with Gasteiger partial charge < -0.3 is 5.73 Å². The highest BCUT2D eigenvalue weighted by Crippen LogP contribution is 2.30. The van der Waals surface area contributed by atoms with Crippen LogP contribution in [0.1, 0.15) is 35.2 Å². The van der Waals surface area contributed by atoms with E-state index in [0.717, 1.165) is 35.6 Å². The molecule has 0 aliphatic heterocycles. The molecule has 1 aliphatic carbocycles. The molecule has 110 valence electrons.